The number of carbonyl (C=O) groups excluding carboxylic acids is 1. The van der Waals surface area contributed by atoms with E-state index in [-0.39, 0.29) is 0 Å². The molecule has 2 unspecified atom stereocenters. The van der Waals surface area contributed by atoms with E-state index in [0.29, 0.717) is 12.8 Å². The number of alkyl halides is 3. The van der Waals surface area contributed by atoms with Crippen LogP contribution in [0.5, 0.6) is 0 Å². The molecular formula is C11H16F3NO3. The van der Waals surface area contributed by atoms with Gasteiger partial charge in [0.1, 0.15) is 0 Å². The minimum atomic E-state index is -4.36. The predicted molar refractivity (Wildman–Crippen MR) is 56.8 cm³/mol. The number of carboxylic acid groups (broad SMARTS) is 1. The van der Waals surface area contributed by atoms with Crippen LogP contribution in [0.1, 0.15) is 38.5 Å². The number of halogens is 3. The fourth-order valence-electron chi connectivity index (χ4n) is 2.13. The van der Waals surface area contributed by atoms with Crippen molar-refractivity contribution in [1.29, 1.82) is 0 Å². The maximum Gasteiger partial charge on any atom is 0.389 e. The van der Waals surface area contributed by atoms with Gasteiger partial charge in [-0.15, -0.1) is 0 Å². The summed E-state index contributed by atoms with van der Waals surface area (Å²) in [4.78, 5) is 22.3. The lowest BCUT2D eigenvalue weighted by atomic mass is 9.84. The van der Waals surface area contributed by atoms with Gasteiger partial charge in [-0.3, -0.25) is 9.59 Å². The number of hydrogen-bond acceptors (Lipinski definition) is 2. The monoisotopic (exact) mass is 267 g/mol. The van der Waals surface area contributed by atoms with Crippen LogP contribution >= 0.6 is 0 Å². The number of carboxylic acids is 1. The van der Waals surface area contributed by atoms with Gasteiger partial charge >= 0.3 is 12.1 Å². The van der Waals surface area contributed by atoms with E-state index < -0.39 is 42.9 Å². The van der Waals surface area contributed by atoms with Crippen molar-refractivity contribution in [3.05, 3.63) is 0 Å². The van der Waals surface area contributed by atoms with Crippen LogP contribution in [0.15, 0.2) is 0 Å². The van der Waals surface area contributed by atoms with Gasteiger partial charge in [0.15, 0.2) is 0 Å². The van der Waals surface area contributed by atoms with E-state index in [1.165, 1.54) is 0 Å². The third-order valence-corrected chi connectivity index (χ3v) is 3.07. The molecule has 4 nitrogen and oxygen atoms in total. The lowest BCUT2D eigenvalue weighted by molar-refractivity contribution is -0.147. The molecule has 1 aliphatic rings. The Kier molecular flexibility index (Phi) is 4.98. The fraction of sp³-hybridized carbons (Fsp3) is 0.818. The Hall–Kier alpha value is -1.27. The lowest BCUT2D eigenvalue weighted by Crippen LogP contribution is -2.45. The van der Waals surface area contributed by atoms with Gasteiger partial charge in [-0.05, 0) is 12.8 Å². The molecule has 0 aromatic carbocycles. The summed E-state index contributed by atoms with van der Waals surface area (Å²) in [5, 5.41) is 11.4. The van der Waals surface area contributed by atoms with Crippen molar-refractivity contribution in [3.8, 4) is 0 Å². The van der Waals surface area contributed by atoms with Crippen molar-refractivity contribution < 1.29 is 27.9 Å². The minimum Gasteiger partial charge on any atom is -0.481 e. The number of nitrogens with one attached hydrogen (secondary N) is 1. The van der Waals surface area contributed by atoms with Crippen LogP contribution in [0.2, 0.25) is 0 Å². The molecule has 2 N–H and O–H groups in total. The standard InChI is InChI=1S/C11H16F3NO3/c12-11(13,14)6-5-9(16)15-8-4-2-1-3-7(8)10(17)18/h7-8H,1-6H2,(H,15,16)(H,17,18). The summed E-state index contributed by atoms with van der Waals surface area (Å²) >= 11 is 0. The van der Waals surface area contributed by atoms with Crippen molar-refractivity contribution in [2.24, 2.45) is 5.92 Å². The van der Waals surface area contributed by atoms with Crippen LogP contribution in [0, 0.1) is 5.92 Å². The van der Waals surface area contributed by atoms with Crippen LogP contribution in [0.3, 0.4) is 0 Å². The molecule has 1 amide bonds. The molecule has 1 rings (SSSR count). The van der Waals surface area contributed by atoms with E-state index in [0.717, 1.165) is 12.8 Å². The van der Waals surface area contributed by atoms with E-state index in [2.05, 4.69) is 5.32 Å². The largest absolute Gasteiger partial charge is 0.481 e. The Morgan fingerprint density at radius 1 is 1.22 bits per heavy atom. The summed E-state index contributed by atoms with van der Waals surface area (Å²) in [6.07, 6.45) is -3.67. The minimum absolute atomic E-state index is 0.458. The van der Waals surface area contributed by atoms with Crippen LogP contribution in [0.25, 0.3) is 0 Å². The average molecular weight is 267 g/mol. The first-order valence-corrected chi connectivity index (χ1v) is 5.88. The molecular weight excluding hydrogens is 251 g/mol. The van der Waals surface area contributed by atoms with Crippen molar-refractivity contribution in [2.45, 2.75) is 50.7 Å². The zero-order valence-electron chi connectivity index (χ0n) is 9.79. The molecule has 7 heteroatoms. The summed E-state index contributed by atoms with van der Waals surface area (Å²) in [7, 11) is 0. The molecule has 0 aliphatic heterocycles. The topological polar surface area (TPSA) is 66.4 Å². The van der Waals surface area contributed by atoms with Gasteiger partial charge in [-0.1, -0.05) is 12.8 Å². The molecule has 0 saturated heterocycles. The summed E-state index contributed by atoms with van der Waals surface area (Å²) in [5.74, 6) is -2.42. The first kappa shape index (κ1) is 14.8. The summed E-state index contributed by atoms with van der Waals surface area (Å²) < 4.78 is 35.8. The van der Waals surface area contributed by atoms with Crippen LogP contribution in [-0.4, -0.2) is 29.2 Å². The van der Waals surface area contributed by atoms with Gasteiger partial charge in [-0.2, -0.15) is 13.2 Å². The third kappa shape index (κ3) is 4.93. The molecule has 0 aromatic heterocycles. The number of aliphatic carboxylic acids is 1. The van der Waals surface area contributed by atoms with E-state index in [1.807, 2.05) is 0 Å². The van der Waals surface area contributed by atoms with Gasteiger partial charge in [0, 0.05) is 12.5 Å². The van der Waals surface area contributed by atoms with Crippen LogP contribution in [0.4, 0.5) is 13.2 Å². The molecule has 0 bridgehead atoms. The Balaban J connectivity index is 2.44. The molecule has 18 heavy (non-hydrogen) atoms. The van der Waals surface area contributed by atoms with E-state index in [1.54, 1.807) is 0 Å². The maximum atomic E-state index is 11.9. The molecule has 1 aliphatic carbocycles. The highest BCUT2D eigenvalue weighted by Crippen LogP contribution is 2.25. The van der Waals surface area contributed by atoms with Gasteiger partial charge in [0.2, 0.25) is 5.91 Å². The first-order chi connectivity index (χ1) is 8.29. The smallest absolute Gasteiger partial charge is 0.389 e. The summed E-state index contributed by atoms with van der Waals surface area (Å²) in [6.45, 7) is 0. The molecule has 0 heterocycles. The average Bonchev–Trinajstić information content (AvgIpc) is 2.26. The first-order valence-electron chi connectivity index (χ1n) is 5.88. The fourth-order valence-corrected chi connectivity index (χ4v) is 2.13. The van der Waals surface area contributed by atoms with E-state index in [9.17, 15) is 22.8 Å². The SMILES string of the molecule is O=C(CCC(F)(F)F)NC1CCCCC1C(=O)O. The highest BCUT2D eigenvalue weighted by atomic mass is 19.4. The summed E-state index contributed by atoms with van der Waals surface area (Å²) in [6, 6.07) is -0.544. The Labute approximate surface area is 103 Å². The van der Waals surface area contributed by atoms with Crippen molar-refractivity contribution in [2.75, 3.05) is 0 Å². The zero-order chi connectivity index (χ0) is 13.8. The number of amides is 1. The molecule has 1 fully saturated rings. The van der Waals surface area contributed by atoms with Gasteiger partial charge < -0.3 is 10.4 Å². The highest BCUT2D eigenvalue weighted by Gasteiger charge is 2.33. The number of hydrogen-bond donors (Lipinski definition) is 2. The molecule has 0 spiro atoms. The normalized spacial score (nSPS) is 24.6. The van der Waals surface area contributed by atoms with Crippen molar-refractivity contribution in [1.82, 2.24) is 5.32 Å². The second-order valence-electron chi connectivity index (χ2n) is 4.52. The highest BCUT2D eigenvalue weighted by molar-refractivity contribution is 5.78. The van der Waals surface area contributed by atoms with Crippen molar-refractivity contribution >= 4 is 11.9 Å². The molecule has 1 saturated carbocycles. The Morgan fingerprint density at radius 3 is 2.39 bits per heavy atom. The number of carbonyl (C=O) groups is 2. The second kappa shape index (κ2) is 6.06. The van der Waals surface area contributed by atoms with Crippen molar-refractivity contribution in [3.63, 3.8) is 0 Å². The predicted octanol–water partition coefficient (Wildman–Crippen LogP) is 2.09. The van der Waals surface area contributed by atoms with Crippen LogP contribution in [-0.2, 0) is 9.59 Å². The lowest BCUT2D eigenvalue weighted by Gasteiger charge is -2.29. The van der Waals surface area contributed by atoms with E-state index >= 15 is 0 Å². The molecule has 104 valence electrons. The third-order valence-electron chi connectivity index (χ3n) is 3.07. The Morgan fingerprint density at radius 2 is 1.83 bits per heavy atom. The quantitative estimate of drug-likeness (QED) is 0.819. The molecule has 0 radical (unpaired) electrons. The van der Waals surface area contributed by atoms with Gasteiger partial charge in [0.05, 0.1) is 12.3 Å². The van der Waals surface area contributed by atoms with Gasteiger partial charge in [-0.25, -0.2) is 0 Å². The Bertz CT molecular complexity index is 317. The van der Waals surface area contributed by atoms with Gasteiger partial charge in [0.25, 0.3) is 0 Å². The number of rotatable bonds is 4. The van der Waals surface area contributed by atoms with E-state index in [4.69, 9.17) is 5.11 Å². The van der Waals surface area contributed by atoms with Crippen LogP contribution < -0.4 is 5.32 Å². The zero-order valence-corrected chi connectivity index (χ0v) is 9.79. The second-order valence-corrected chi connectivity index (χ2v) is 4.52. The maximum absolute atomic E-state index is 11.9. The molecule has 2 atom stereocenters. The summed E-state index contributed by atoms with van der Waals surface area (Å²) in [5.41, 5.74) is 0. The molecule has 0 aromatic rings.